The number of carbonyl (C=O) groups is 1. The van der Waals surface area contributed by atoms with E-state index in [0.717, 1.165) is 26.2 Å². The van der Waals surface area contributed by atoms with E-state index >= 15 is 0 Å². The van der Waals surface area contributed by atoms with Crippen molar-refractivity contribution in [1.82, 2.24) is 20.1 Å². The molecule has 2 N–H and O–H groups in total. The van der Waals surface area contributed by atoms with Crippen LogP contribution in [0.1, 0.15) is 51.0 Å². The molecule has 2 heterocycles. The minimum Gasteiger partial charge on any atom is -0.447 e. The number of aliphatic hydroxyl groups excluding tert-OH is 1. The number of hydrogen-bond donors (Lipinski definition) is 2. The first-order chi connectivity index (χ1) is 13.1. The van der Waals surface area contributed by atoms with Crippen LogP contribution in [0, 0.1) is 5.92 Å². The molecule has 0 saturated carbocycles. The third-order valence-corrected chi connectivity index (χ3v) is 4.46. The summed E-state index contributed by atoms with van der Waals surface area (Å²) < 4.78 is 11.1. The fraction of sp³-hybridized carbons (Fsp3) is 0.800. The second kappa shape index (κ2) is 10.3. The maximum absolute atomic E-state index is 12.0. The van der Waals surface area contributed by atoms with Crippen molar-refractivity contribution in [2.24, 2.45) is 5.92 Å². The molecule has 0 radical (unpaired) electrons. The normalized spacial score (nSPS) is 17.8. The molecule has 1 aromatic rings. The van der Waals surface area contributed by atoms with Crippen LogP contribution in [0.4, 0.5) is 0 Å². The molecule has 2 rings (SSSR count). The van der Waals surface area contributed by atoms with Gasteiger partial charge in [0.05, 0.1) is 24.9 Å². The zero-order valence-electron chi connectivity index (χ0n) is 17.9. The molecule has 1 aromatic heterocycles. The highest BCUT2D eigenvalue weighted by molar-refractivity contribution is 5.91. The van der Waals surface area contributed by atoms with Crippen LogP contribution in [0.15, 0.2) is 10.7 Å². The lowest BCUT2D eigenvalue weighted by Crippen LogP contribution is -2.49. The van der Waals surface area contributed by atoms with E-state index in [1.54, 1.807) is 0 Å². The van der Waals surface area contributed by atoms with Gasteiger partial charge < -0.3 is 19.6 Å². The third-order valence-electron chi connectivity index (χ3n) is 4.46. The molecule has 1 amide bonds. The summed E-state index contributed by atoms with van der Waals surface area (Å²) in [5, 5.41) is 13.0. The zero-order chi connectivity index (χ0) is 20.7. The van der Waals surface area contributed by atoms with Gasteiger partial charge in [-0.15, -0.1) is 0 Å². The minimum absolute atomic E-state index is 0.194. The molecule has 0 spiro atoms. The highest BCUT2D eigenvalue weighted by Gasteiger charge is 2.22. The molecule has 8 nitrogen and oxygen atoms in total. The van der Waals surface area contributed by atoms with Crippen LogP contribution in [0.2, 0.25) is 0 Å². The number of rotatable bonds is 9. The summed E-state index contributed by atoms with van der Waals surface area (Å²) in [5.74, 6) is 0.756. The van der Waals surface area contributed by atoms with Crippen molar-refractivity contribution in [2.75, 3.05) is 45.9 Å². The van der Waals surface area contributed by atoms with Crippen LogP contribution >= 0.6 is 0 Å². The predicted octanol–water partition coefficient (Wildman–Crippen LogP) is 1.35. The summed E-state index contributed by atoms with van der Waals surface area (Å²) in [6, 6.07) is 0. The largest absolute Gasteiger partial charge is 0.447 e. The SMILES string of the molecule is CC(C)CNC(=O)c1coc(CN2CCN(C[C@@H](O)COC(C)(C)C)CC2)n1. The Balaban J connectivity index is 1.70. The van der Waals surface area contributed by atoms with E-state index < -0.39 is 6.10 Å². The highest BCUT2D eigenvalue weighted by atomic mass is 16.5. The van der Waals surface area contributed by atoms with Crippen molar-refractivity contribution in [3.63, 3.8) is 0 Å². The van der Waals surface area contributed by atoms with E-state index in [1.165, 1.54) is 6.26 Å². The van der Waals surface area contributed by atoms with Gasteiger partial charge in [-0.2, -0.15) is 0 Å². The van der Waals surface area contributed by atoms with Crippen LogP contribution in [-0.4, -0.2) is 83.4 Å². The molecule has 0 aliphatic carbocycles. The molecule has 160 valence electrons. The number of aliphatic hydroxyl groups is 1. The maximum Gasteiger partial charge on any atom is 0.273 e. The predicted molar refractivity (Wildman–Crippen MR) is 107 cm³/mol. The molecule has 8 heteroatoms. The Morgan fingerprint density at radius 2 is 1.93 bits per heavy atom. The van der Waals surface area contributed by atoms with E-state index in [0.29, 0.717) is 43.7 Å². The van der Waals surface area contributed by atoms with Gasteiger partial charge >= 0.3 is 0 Å². The second-order valence-corrected chi connectivity index (χ2v) is 8.88. The number of nitrogens with one attached hydrogen (secondary N) is 1. The molecule has 0 aromatic carbocycles. The molecular formula is C20H36N4O4. The highest BCUT2D eigenvalue weighted by Crippen LogP contribution is 2.11. The number of piperazine rings is 1. The Kier molecular flexibility index (Phi) is 8.42. The van der Waals surface area contributed by atoms with E-state index in [-0.39, 0.29) is 11.5 Å². The monoisotopic (exact) mass is 396 g/mol. The standard InChI is InChI=1S/C20H36N4O4/c1-15(2)10-21-19(26)17-14-27-18(22-17)12-24-8-6-23(7-9-24)11-16(25)13-28-20(3,4)5/h14-16,25H,6-13H2,1-5H3,(H,21,26)/t16-/m1/s1. The molecule has 1 saturated heterocycles. The topological polar surface area (TPSA) is 91.1 Å². The molecule has 0 unspecified atom stereocenters. The smallest absolute Gasteiger partial charge is 0.273 e. The number of hydrogen-bond acceptors (Lipinski definition) is 7. The number of oxazole rings is 1. The quantitative estimate of drug-likeness (QED) is 0.651. The van der Waals surface area contributed by atoms with Gasteiger partial charge in [-0.1, -0.05) is 13.8 Å². The van der Waals surface area contributed by atoms with Gasteiger partial charge in [0.15, 0.2) is 5.69 Å². The second-order valence-electron chi connectivity index (χ2n) is 8.88. The Bertz CT molecular complexity index is 604. The van der Waals surface area contributed by atoms with E-state index in [4.69, 9.17) is 9.15 Å². The minimum atomic E-state index is -0.482. The van der Waals surface area contributed by atoms with Gasteiger partial charge in [0.2, 0.25) is 5.89 Å². The number of carbonyl (C=O) groups excluding carboxylic acids is 1. The van der Waals surface area contributed by atoms with Crippen molar-refractivity contribution in [3.8, 4) is 0 Å². The molecule has 1 atom stereocenters. The number of β-amino-alcohol motifs (C(OH)–C–C–N with tert-alkyl or cyclic N) is 1. The van der Waals surface area contributed by atoms with Gasteiger partial charge in [0.1, 0.15) is 6.26 Å². The molecule has 1 aliphatic rings. The fourth-order valence-electron chi connectivity index (χ4n) is 2.89. The molecule has 28 heavy (non-hydrogen) atoms. The Labute approximate surface area is 168 Å². The lowest BCUT2D eigenvalue weighted by Gasteiger charge is -2.35. The summed E-state index contributed by atoms with van der Waals surface area (Å²) in [6.07, 6.45) is 0.941. The molecular weight excluding hydrogens is 360 g/mol. The molecule has 1 fully saturated rings. The number of aromatic nitrogens is 1. The summed E-state index contributed by atoms with van der Waals surface area (Å²) >= 11 is 0. The molecule has 0 bridgehead atoms. The third kappa shape index (κ3) is 8.26. The van der Waals surface area contributed by atoms with Crippen molar-refractivity contribution in [3.05, 3.63) is 17.8 Å². The number of nitrogens with zero attached hydrogens (tertiary/aromatic N) is 3. The zero-order valence-corrected chi connectivity index (χ0v) is 17.9. The van der Waals surface area contributed by atoms with E-state index in [9.17, 15) is 9.90 Å². The van der Waals surface area contributed by atoms with Crippen LogP contribution in [0.25, 0.3) is 0 Å². The summed E-state index contributed by atoms with van der Waals surface area (Å²) in [4.78, 5) is 20.8. The average Bonchev–Trinajstić information content (AvgIpc) is 3.07. The Morgan fingerprint density at radius 1 is 1.29 bits per heavy atom. The van der Waals surface area contributed by atoms with Gasteiger partial charge in [-0.25, -0.2) is 4.98 Å². The maximum atomic E-state index is 12.0. The lowest BCUT2D eigenvalue weighted by molar-refractivity contribution is -0.0588. The summed E-state index contributed by atoms with van der Waals surface area (Å²) in [5.41, 5.74) is 0.0940. The van der Waals surface area contributed by atoms with E-state index in [1.807, 2.05) is 34.6 Å². The van der Waals surface area contributed by atoms with Crippen LogP contribution in [0.3, 0.4) is 0 Å². The first-order valence-electron chi connectivity index (χ1n) is 10.1. The van der Waals surface area contributed by atoms with Crippen molar-refractivity contribution >= 4 is 5.91 Å². The Hall–Kier alpha value is -1.48. The summed E-state index contributed by atoms with van der Waals surface area (Å²) in [6.45, 7) is 15.7. The summed E-state index contributed by atoms with van der Waals surface area (Å²) in [7, 11) is 0. The van der Waals surface area contributed by atoms with Gasteiger partial charge in [0, 0.05) is 39.3 Å². The fourth-order valence-corrected chi connectivity index (χ4v) is 2.89. The first-order valence-corrected chi connectivity index (χ1v) is 10.1. The van der Waals surface area contributed by atoms with Crippen LogP contribution < -0.4 is 5.32 Å². The Morgan fingerprint density at radius 3 is 2.54 bits per heavy atom. The van der Waals surface area contributed by atoms with E-state index in [2.05, 4.69) is 20.1 Å². The van der Waals surface area contributed by atoms with Gasteiger partial charge in [-0.3, -0.25) is 14.6 Å². The van der Waals surface area contributed by atoms with Crippen molar-refractivity contribution < 1.29 is 19.1 Å². The average molecular weight is 397 g/mol. The van der Waals surface area contributed by atoms with Crippen molar-refractivity contribution in [1.29, 1.82) is 0 Å². The van der Waals surface area contributed by atoms with Crippen molar-refractivity contribution in [2.45, 2.75) is 52.9 Å². The lowest BCUT2D eigenvalue weighted by atomic mass is 10.2. The number of ether oxygens (including phenoxy) is 1. The van der Waals surface area contributed by atoms with Crippen LogP contribution in [-0.2, 0) is 11.3 Å². The van der Waals surface area contributed by atoms with Gasteiger partial charge in [0.25, 0.3) is 5.91 Å². The van der Waals surface area contributed by atoms with Gasteiger partial charge in [-0.05, 0) is 26.7 Å². The molecule has 1 aliphatic heterocycles. The first kappa shape index (κ1) is 22.8. The van der Waals surface area contributed by atoms with Crippen LogP contribution in [0.5, 0.6) is 0 Å². The number of amides is 1.